The second-order valence-electron chi connectivity index (χ2n) is 7.20. The van der Waals surface area contributed by atoms with E-state index in [9.17, 15) is 17.6 Å². The first kappa shape index (κ1) is 20.0. The summed E-state index contributed by atoms with van der Waals surface area (Å²) in [4.78, 5) is 13.0. The average molecular weight is 404 g/mol. The summed E-state index contributed by atoms with van der Waals surface area (Å²) in [5.74, 6) is -1.07. The van der Waals surface area contributed by atoms with E-state index in [-0.39, 0.29) is 33.8 Å². The molecule has 2 aromatic rings. The minimum Gasteiger partial charge on any atom is -0.345 e. The number of amides is 1. The lowest BCUT2D eigenvalue weighted by molar-refractivity contribution is 0.101. The number of sulfonamides is 1. The first-order valence-corrected chi connectivity index (χ1v) is 10.3. The van der Waals surface area contributed by atoms with Crippen LogP contribution in [-0.4, -0.2) is 24.9 Å². The quantitative estimate of drug-likeness (QED) is 0.820. The third-order valence-corrected chi connectivity index (χ3v) is 6.46. The molecule has 2 N–H and O–H groups in total. The fourth-order valence-electron chi connectivity index (χ4n) is 3.39. The van der Waals surface area contributed by atoms with Crippen molar-refractivity contribution in [3.63, 3.8) is 0 Å². The highest BCUT2D eigenvalue weighted by Crippen LogP contribution is 2.29. The van der Waals surface area contributed by atoms with Crippen molar-refractivity contribution in [2.75, 3.05) is 5.32 Å². The fraction of sp³-hybridized carbons (Fsp3) is 0.368. The van der Waals surface area contributed by atoms with E-state index in [1.54, 1.807) is 13.1 Å². The molecule has 1 aromatic carbocycles. The second kappa shape index (κ2) is 7.37. The van der Waals surface area contributed by atoms with Crippen LogP contribution in [0.4, 0.5) is 10.1 Å². The van der Waals surface area contributed by atoms with Gasteiger partial charge in [0.2, 0.25) is 10.0 Å². The highest BCUT2D eigenvalue weighted by atomic mass is 32.2. The Hall–Kier alpha value is -2.70. The van der Waals surface area contributed by atoms with Crippen LogP contribution in [0.5, 0.6) is 0 Å². The van der Waals surface area contributed by atoms with E-state index in [1.807, 2.05) is 13.8 Å². The van der Waals surface area contributed by atoms with Gasteiger partial charge in [0.05, 0.1) is 5.56 Å². The molecule has 7 nitrogen and oxygen atoms in total. The first-order chi connectivity index (χ1) is 13.1. The van der Waals surface area contributed by atoms with Crippen LogP contribution in [0.15, 0.2) is 29.3 Å². The molecular formula is C19H21FN4O3S. The number of aryl methyl sites for hydroxylation is 1. The van der Waals surface area contributed by atoms with Crippen LogP contribution in [0.2, 0.25) is 0 Å². The maximum atomic E-state index is 13.5. The highest BCUT2D eigenvalue weighted by molar-refractivity contribution is 7.89. The van der Waals surface area contributed by atoms with Gasteiger partial charge in [0.25, 0.3) is 5.91 Å². The Balaban J connectivity index is 1.98. The number of nitrogens with one attached hydrogen (secondary N) is 2. The van der Waals surface area contributed by atoms with Gasteiger partial charge in [-0.15, -0.1) is 0 Å². The Morgan fingerprint density at radius 1 is 1.43 bits per heavy atom. The van der Waals surface area contributed by atoms with E-state index in [4.69, 9.17) is 5.26 Å². The number of nitriles is 1. The van der Waals surface area contributed by atoms with Gasteiger partial charge in [-0.25, -0.2) is 17.5 Å². The van der Waals surface area contributed by atoms with Crippen LogP contribution in [0.1, 0.15) is 41.9 Å². The summed E-state index contributed by atoms with van der Waals surface area (Å²) in [5.41, 5.74) is 0.758. The number of anilines is 1. The van der Waals surface area contributed by atoms with Crippen molar-refractivity contribution in [1.29, 1.82) is 5.26 Å². The van der Waals surface area contributed by atoms with Gasteiger partial charge in [-0.3, -0.25) is 4.79 Å². The zero-order chi connectivity index (χ0) is 20.6. The Morgan fingerprint density at radius 3 is 2.79 bits per heavy atom. The van der Waals surface area contributed by atoms with E-state index in [0.29, 0.717) is 18.4 Å². The Bertz CT molecular complexity index is 1080. The predicted molar refractivity (Wildman–Crippen MR) is 102 cm³/mol. The average Bonchev–Trinajstić information content (AvgIpc) is 2.90. The van der Waals surface area contributed by atoms with Gasteiger partial charge < -0.3 is 9.88 Å². The molecule has 28 heavy (non-hydrogen) atoms. The summed E-state index contributed by atoms with van der Waals surface area (Å²) in [7, 11) is -2.14. The van der Waals surface area contributed by atoms with E-state index < -0.39 is 21.7 Å². The number of hydrogen-bond acceptors (Lipinski definition) is 4. The molecule has 1 aliphatic heterocycles. The van der Waals surface area contributed by atoms with Crippen LogP contribution in [0, 0.1) is 23.1 Å². The lowest BCUT2D eigenvalue weighted by Gasteiger charge is -2.19. The number of carbonyl (C=O) groups is 1. The van der Waals surface area contributed by atoms with Crippen molar-refractivity contribution in [3.8, 4) is 6.07 Å². The summed E-state index contributed by atoms with van der Waals surface area (Å²) in [6.45, 7) is 3.89. The number of nitrogens with zero attached hydrogens (tertiary/aromatic N) is 2. The number of hydrogen-bond donors (Lipinski definition) is 2. The molecule has 148 valence electrons. The highest BCUT2D eigenvalue weighted by Gasteiger charge is 2.33. The summed E-state index contributed by atoms with van der Waals surface area (Å²) in [6.07, 6.45) is 2.44. The van der Waals surface area contributed by atoms with Crippen LogP contribution < -0.4 is 10.0 Å². The topological polar surface area (TPSA) is 104 Å². The van der Waals surface area contributed by atoms with Crippen LogP contribution in [-0.2, 0) is 23.5 Å². The van der Waals surface area contributed by atoms with Gasteiger partial charge in [0.1, 0.15) is 22.5 Å². The lowest BCUT2D eigenvalue weighted by Crippen LogP contribution is -2.37. The maximum Gasteiger partial charge on any atom is 0.272 e. The molecule has 0 bridgehead atoms. The van der Waals surface area contributed by atoms with Crippen molar-refractivity contribution in [2.24, 2.45) is 13.0 Å². The summed E-state index contributed by atoms with van der Waals surface area (Å²) < 4.78 is 43.2. The lowest BCUT2D eigenvalue weighted by atomic mass is 9.97. The molecule has 1 aliphatic rings. The minimum atomic E-state index is -3.74. The number of carbonyl (C=O) groups excluding carboxylic acids is 1. The molecule has 0 radical (unpaired) electrons. The smallest absolute Gasteiger partial charge is 0.272 e. The number of benzene rings is 1. The molecule has 1 aromatic heterocycles. The number of halogens is 1. The third-order valence-electron chi connectivity index (χ3n) is 4.91. The van der Waals surface area contributed by atoms with Crippen molar-refractivity contribution in [2.45, 2.75) is 37.6 Å². The zero-order valence-electron chi connectivity index (χ0n) is 15.8. The van der Waals surface area contributed by atoms with E-state index >= 15 is 0 Å². The number of fused-ring (bicyclic) bond motifs is 1. The van der Waals surface area contributed by atoms with Gasteiger partial charge in [-0.1, -0.05) is 13.8 Å². The summed E-state index contributed by atoms with van der Waals surface area (Å²) in [5, 5.41) is 11.6. The normalized spacial score (nSPS) is 18.2. The van der Waals surface area contributed by atoms with Crippen molar-refractivity contribution in [3.05, 3.63) is 47.0 Å². The molecule has 2 heterocycles. The number of rotatable bonds is 3. The van der Waals surface area contributed by atoms with Crippen molar-refractivity contribution in [1.82, 2.24) is 9.29 Å². The fourth-order valence-corrected chi connectivity index (χ4v) is 5.12. The van der Waals surface area contributed by atoms with E-state index in [1.165, 1.54) is 22.9 Å². The largest absolute Gasteiger partial charge is 0.345 e. The van der Waals surface area contributed by atoms with Gasteiger partial charge in [0.15, 0.2) is 0 Å². The Kier molecular flexibility index (Phi) is 5.28. The molecular weight excluding hydrogens is 383 g/mol. The molecule has 9 heteroatoms. The monoisotopic (exact) mass is 404 g/mol. The first-order valence-electron chi connectivity index (χ1n) is 8.85. The summed E-state index contributed by atoms with van der Waals surface area (Å²) >= 11 is 0. The van der Waals surface area contributed by atoms with Crippen LogP contribution >= 0.6 is 0 Å². The SMILES string of the molecule is CC(C)C1CCc2c(cn(C)c2C(=O)Nc2ccc(F)c(C#N)c2)S(=O)(=O)N1. The molecule has 3 rings (SSSR count). The molecule has 0 saturated carbocycles. The van der Waals surface area contributed by atoms with Crippen molar-refractivity contribution >= 4 is 21.6 Å². The predicted octanol–water partition coefficient (Wildman–Crippen LogP) is 2.54. The van der Waals surface area contributed by atoms with Crippen LogP contribution in [0.3, 0.4) is 0 Å². The zero-order valence-corrected chi connectivity index (χ0v) is 16.6. The van der Waals surface area contributed by atoms with Crippen LogP contribution in [0.25, 0.3) is 0 Å². The second-order valence-corrected chi connectivity index (χ2v) is 8.88. The molecule has 1 atom stereocenters. The van der Waals surface area contributed by atoms with E-state index in [2.05, 4.69) is 10.0 Å². The molecule has 0 fully saturated rings. The maximum absolute atomic E-state index is 13.5. The standard InChI is InChI=1S/C19H21FN4O3S/c1-11(2)16-7-5-14-17(28(26,27)23-16)10-24(3)18(14)19(25)22-13-4-6-15(20)12(8-13)9-21/h4,6,8,10-11,16,23H,5,7H2,1-3H3,(H,22,25). The van der Waals surface area contributed by atoms with Crippen molar-refractivity contribution < 1.29 is 17.6 Å². The van der Waals surface area contributed by atoms with Gasteiger partial charge in [-0.2, -0.15) is 5.26 Å². The number of aromatic nitrogens is 1. The molecule has 1 unspecified atom stereocenters. The molecule has 0 saturated heterocycles. The van der Waals surface area contributed by atoms with Gasteiger partial charge >= 0.3 is 0 Å². The van der Waals surface area contributed by atoms with E-state index in [0.717, 1.165) is 6.07 Å². The molecule has 0 aliphatic carbocycles. The van der Waals surface area contributed by atoms with Gasteiger partial charge in [0, 0.05) is 30.5 Å². The Morgan fingerprint density at radius 2 is 2.14 bits per heavy atom. The molecule has 0 spiro atoms. The molecule has 1 amide bonds. The summed E-state index contributed by atoms with van der Waals surface area (Å²) in [6, 6.07) is 5.19. The Labute approximate surface area is 163 Å². The minimum absolute atomic E-state index is 0.0973. The third kappa shape index (κ3) is 3.66. The van der Waals surface area contributed by atoms with Gasteiger partial charge in [-0.05, 0) is 37.0 Å².